The lowest BCUT2D eigenvalue weighted by atomic mass is 10.1. The van der Waals surface area contributed by atoms with E-state index in [4.69, 9.17) is 16.3 Å². The summed E-state index contributed by atoms with van der Waals surface area (Å²) >= 11 is 5.61. The van der Waals surface area contributed by atoms with Gasteiger partial charge in [-0.25, -0.2) is 0 Å². The van der Waals surface area contributed by atoms with Crippen LogP contribution in [0.4, 0.5) is 18.9 Å². The highest BCUT2D eigenvalue weighted by molar-refractivity contribution is 6.30. The van der Waals surface area contributed by atoms with Gasteiger partial charge in [0.2, 0.25) is 0 Å². The van der Waals surface area contributed by atoms with E-state index in [1.807, 2.05) is 6.07 Å². The molecule has 0 unspecified atom stereocenters. The van der Waals surface area contributed by atoms with Crippen LogP contribution in [0.5, 0.6) is 5.75 Å². The Morgan fingerprint density at radius 1 is 1.21 bits per heavy atom. The van der Waals surface area contributed by atoms with Gasteiger partial charge in [0, 0.05) is 5.02 Å². The maximum absolute atomic E-state index is 13.0. The van der Waals surface area contributed by atoms with Crippen molar-refractivity contribution in [2.75, 3.05) is 5.32 Å². The minimum absolute atomic E-state index is 0.0652. The number of carbonyl (C=O) groups is 1. The average Bonchev–Trinajstić information content (AvgIpc) is 2.50. The van der Waals surface area contributed by atoms with Gasteiger partial charge in [0.25, 0.3) is 5.91 Å². The number of halogens is 4. The van der Waals surface area contributed by atoms with Crippen LogP contribution in [0, 0.1) is 6.92 Å². The summed E-state index contributed by atoms with van der Waals surface area (Å²) < 4.78 is 44.6. The fourth-order valence-electron chi connectivity index (χ4n) is 2.03. The number of hydrogen-bond donors (Lipinski definition) is 1. The second kappa shape index (κ2) is 7.13. The van der Waals surface area contributed by atoms with Crippen LogP contribution < -0.4 is 10.1 Å². The molecule has 2 rings (SSSR count). The molecule has 7 heteroatoms. The molecule has 0 fully saturated rings. The summed E-state index contributed by atoms with van der Waals surface area (Å²) in [4.78, 5) is 12.2. The maximum Gasteiger partial charge on any atom is 0.418 e. The van der Waals surface area contributed by atoms with Crippen molar-refractivity contribution >= 4 is 23.2 Å². The van der Waals surface area contributed by atoms with Crippen molar-refractivity contribution < 1.29 is 22.7 Å². The molecule has 0 aliphatic rings. The number of para-hydroxylation sites is 1. The molecule has 1 N–H and O–H groups in total. The highest BCUT2D eigenvalue weighted by Crippen LogP contribution is 2.36. The van der Waals surface area contributed by atoms with Gasteiger partial charge in [-0.1, -0.05) is 29.8 Å². The molecule has 0 spiro atoms. The lowest BCUT2D eigenvalue weighted by molar-refractivity contribution is -0.137. The molecule has 1 atom stereocenters. The first-order chi connectivity index (χ1) is 11.2. The molecule has 0 bridgehead atoms. The van der Waals surface area contributed by atoms with Gasteiger partial charge >= 0.3 is 6.18 Å². The third-order valence-corrected chi connectivity index (χ3v) is 3.55. The molecule has 0 saturated heterocycles. The smallest absolute Gasteiger partial charge is 0.418 e. The zero-order valence-corrected chi connectivity index (χ0v) is 13.7. The minimum Gasteiger partial charge on any atom is -0.481 e. The van der Waals surface area contributed by atoms with Gasteiger partial charge < -0.3 is 10.1 Å². The summed E-state index contributed by atoms with van der Waals surface area (Å²) in [6.45, 7) is 3.27. The van der Waals surface area contributed by atoms with Crippen molar-refractivity contribution in [1.82, 2.24) is 0 Å². The number of amides is 1. The SMILES string of the molecule is Cc1ccccc1O[C@@H](C)C(=O)Nc1ccc(Cl)cc1C(F)(F)F. The first-order valence-electron chi connectivity index (χ1n) is 7.08. The van der Waals surface area contributed by atoms with Gasteiger partial charge in [0.05, 0.1) is 11.3 Å². The summed E-state index contributed by atoms with van der Waals surface area (Å²) in [5.41, 5.74) is -0.553. The number of nitrogens with one attached hydrogen (secondary N) is 1. The van der Waals surface area contributed by atoms with Crippen LogP contribution in [0.1, 0.15) is 18.1 Å². The van der Waals surface area contributed by atoms with Crippen molar-refractivity contribution in [2.24, 2.45) is 0 Å². The fourth-order valence-corrected chi connectivity index (χ4v) is 2.20. The molecule has 0 saturated carbocycles. The van der Waals surface area contributed by atoms with E-state index in [1.165, 1.54) is 13.0 Å². The van der Waals surface area contributed by atoms with Crippen molar-refractivity contribution in [3.63, 3.8) is 0 Å². The summed E-state index contributed by atoms with van der Waals surface area (Å²) in [6, 6.07) is 10.2. The van der Waals surface area contributed by atoms with E-state index in [2.05, 4.69) is 5.32 Å². The standard InChI is InChI=1S/C17H15ClF3NO2/c1-10-5-3-4-6-15(10)24-11(2)16(23)22-14-8-7-12(18)9-13(14)17(19,20)21/h3-9,11H,1-2H3,(H,22,23)/t11-/m0/s1. The molecule has 128 valence electrons. The second-order valence-electron chi connectivity index (χ2n) is 5.20. The van der Waals surface area contributed by atoms with Crippen LogP contribution in [0.3, 0.4) is 0 Å². The Kier molecular flexibility index (Phi) is 5.39. The zero-order valence-electron chi connectivity index (χ0n) is 12.9. The van der Waals surface area contributed by atoms with Crippen LogP contribution >= 0.6 is 11.6 Å². The number of ether oxygens (including phenoxy) is 1. The molecule has 2 aromatic rings. The summed E-state index contributed by atoms with van der Waals surface area (Å²) in [7, 11) is 0. The third kappa shape index (κ3) is 4.41. The molecule has 0 radical (unpaired) electrons. The van der Waals surface area contributed by atoms with Gasteiger partial charge in [0.15, 0.2) is 6.10 Å². The Balaban J connectivity index is 2.16. The molecular formula is C17H15ClF3NO2. The molecule has 0 heterocycles. The zero-order chi connectivity index (χ0) is 17.9. The Morgan fingerprint density at radius 2 is 1.88 bits per heavy atom. The van der Waals surface area contributed by atoms with Crippen LogP contribution in [0.25, 0.3) is 0 Å². The largest absolute Gasteiger partial charge is 0.481 e. The lowest BCUT2D eigenvalue weighted by Crippen LogP contribution is -2.31. The van der Waals surface area contributed by atoms with Gasteiger partial charge in [-0.15, -0.1) is 0 Å². The van der Waals surface area contributed by atoms with Crippen molar-refractivity contribution in [2.45, 2.75) is 26.1 Å². The molecule has 2 aromatic carbocycles. The van der Waals surface area contributed by atoms with E-state index >= 15 is 0 Å². The van der Waals surface area contributed by atoms with Crippen molar-refractivity contribution in [3.05, 3.63) is 58.6 Å². The number of anilines is 1. The van der Waals surface area contributed by atoms with Gasteiger partial charge in [-0.05, 0) is 43.7 Å². The maximum atomic E-state index is 13.0. The Bertz CT molecular complexity index is 747. The van der Waals surface area contributed by atoms with Crippen molar-refractivity contribution in [1.29, 1.82) is 0 Å². The predicted molar refractivity (Wildman–Crippen MR) is 86.4 cm³/mol. The van der Waals surface area contributed by atoms with Crippen molar-refractivity contribution in [3.8, 4) is 5.75 Å². The van der Waals surface area contributed by atoms with E-state index < -0.39 is 23.8 Å². The molecule has 1 amide bonds. The lowest BCUT2D eigenvalue weighted by Gasteiger charge is -2.18. The normalized spacial score (nSPS) is 12.6. The summed E-state index contributed by atoms with van der Waals surface area (Å²) in [5.74, 6) is -0.196. The highest BCUT2D eigenvalue weighted by atomic mass is 35.5. The van der Waals surface area contributed by atoms with E-state index in [0.717, 1.165) is 17.7 Å². The Hall–Kier alpha value is -2.21. The molecule has 3 nitrogen and oxygen atoms in total. The van der Waals surface area contributed by atoms with Gasteiger partial charge in [0.1, 0.15) is 5.75 Å². The average molecular weight is 358 g/mol. The topological polar surface area (TPSA) is 38.3 Å². The quantitative estimate of drug-likeness (QED) is 0.829. The second-order valence-corrected chi connectivity index (χ2v) is 5.64. The molecule has 24 heavy (non-hydrogen) atoms. The molecule has 0 aromatic heterocycles. The molecule has 0 aliphatic heterocycles. The van der Waals surface area contributed by atoms with E-state index in [0.29, 0.717) is 5.75 Å². The van der Waals surface area contributed by atoms with E-state index in [-0.39, 0.29) is 10.7 Å². The molecular weight excluding hydrogens is 343 g/mol. The first kappa shape index (κ1) is 18.1. The minimum atomic E-state index is -4.63. The van der Waals surface area contributed by atoms with E-state index in [9.17, 15) is 18.0 Å². The number of hydrogen-bond acceptors (Lipinski definition) is 2. The van der Waals surface area contributed by atoms with E-state index in [1.54, 1.807) is 25.1 Å². The summed E-state index contributed by atoms with van der Waals surface area (Å²) in [5, 5.41) is 2.18. The van der Waals surface area contributed by atoms with Gasteiger partial charge in [-0.3, -0.25) is 4.79 Å². The number of rotatable bonds is 4. The van der Waals surface area contributed by atoms with Gasteiger partial charge in [-0.2, -0.15) is 13.2 Å². The number of benzene rings is 2. The Morgan fingerprint density at radius 3 is 2.50 bits per heavy atom. The number of aryl methyl sites for hydroxylation is 1. The number of alkyl halides is 3. The fraction of sp³-hybridized carbons (Fsp3) is 0.235. The third-order valence-electron chi connectivity index (χ3n) is 3.31. The first-order valence-corrected chi connectivity index (χ1v) is 7.46. The molecule has 0 aliphatic carbocycles. The predicted octanol–water partition coefficient (Wildman–Crippen LogP) is 5.07. The van der Waals surface area contributed by atoms with Crippen LogP contribution in [0.2, 0.25) is 5.02 Å². The van der Waals surface area contributed by atoms with Crippen LogP contribution in [-0.4, -0.2) is 12.0 Å². The monoisotopic (exact) mass is 357 g/mol. The highest BCUT2D eigenvalue weighted by Gasteiger charge is 2.34. The van der Waals surface area contributed by atoms with Crippen LogP contribution in [-0.2, 0) is 11.0 Å². The number of carbonyl (C=O) groups excluding carboxylic acids is 1. The Labute approximate surface area is 142 Å². The summed E-state index contributed by atoms with van der Waals surface area (Å²) in [6.07, 6.45) is -5.60. The van der Waals surface area contributed by atoms with Crippen LogP contribution in [0.15, 0.2) is 42.5 Å².